The Kier molecular flexibility index (Phi) is 4.23. The van der Waals surface area contributed by atoms with Gasteiger partial charge in [-0.25, -0.2) is 4.79 Å². The molecule has 0 radical (unpaired) electrons. The van der Waals surface area contributed by atoms with Crippen molar-refractivity contribution in [3.63, 3.8) is 0 Å². The third-order valence-electron chi connectivity index (χ3n) is 5.41. The molecular weight excluding hydrogens is 290 g/mol. The summed E-state index contributed by atoms with van der Waals surface area (Å²) in [6.07, 6.45) is 1.32. The Morgan fingerprint density at radius 3 is 2.96 bits per heavy atom. The van der Waals surface area contributed by atoms with E-state index in [2.05, 4.69) is 36.3 Å². The van der Waals surface area contributed by atoms with Gasteiger partial charge in [0.2, 0.25) is 0 Å². The van der Waals surface area contributed by atoms with Gasteiger partial charge in [-0.05, 0) is 31.5 Å². The summed E-state index contributed by atoms with van der Waals surface area (Å²) >= 11 is 0. The first kappa shape index (κ1) is 16.1. The lowest BCUT2D eigenvalue weighted by molar-refractivity contribution is -0.107. The second-order valence-electron chi connectivity index (χ2n) is 7.21. The van der Waals surface area contributed by atoms with E-state index in [9.17, 15) is 4.79 Å². The maximum Gasteiger partial charge on any atom is 0.319 e. The number of carbonyl (C=O) groups excluding carboxylic acids is 1. The summed E-state index contributed by atoms with van der Waals surface area (Å²) in [6, 6.07) is 7.96. The first-order chi connectivity index (χ1) is 10.9. The SMILES string of the molecule is CCN(C)c1cccc(NC(=O)N[C@@H]2[C@H]3CCO[C@H]3C2(C)C)c1. The van der Waals surface area contributed by atoms with Gasteiger partial charge < -0.3 is 20.3 Å². The summed E-state index contributed by atoms with van der Waals surface area (Å²) < 4.78 is 5.77. The molecule has 2 fully saturated rings. The van der Waals surface area contributed by atoms with E-state index in [0.717, 1.165) is 30.9 Å². The molecular formula is C18H27N3O2. The van der Waals surface area contributed by atoms with E-state index in [1.54, 1.807) is 0 Å². The van der Waals surface area contributed by atoms with Crippen molar-refractivity contribution in [2.45, 2.75) is 39.3 Å². The van der Waals surface area contributed by atoms with Crippen LogP contribution in [0.5, 0.6) is 0 Å². The highest BCUT2D eigenvalue weighted by Gasteiger charge is 2.59. The van der Waals surface area contributed by atoms with Crippen molar-refractivity contribution in [3.8, 4) is 0 Å². The number of rotatable bonds is 4. The molecule has 1 aromatic rings. The topological polar surface area (TPSA) is 53.6 Å². The summed E-state index contributed by atoms with van der Waals surface area (Å²) in [4.78, 5) is 14.5. The Balaban J connectivity index is 1.62. The van der Waals surface area contributed by atoms with Crippen LogP contribution in [0.2, 0.25) is 0 Å². The second-order valence-corrected chi connectivity index (χ2v) is 7.21. The standard InChI is InChI=1S/C18H27N3O2/c1-5-21(4)13-8-6-7-12(11-13)19-17(22)20-15-14-9-10-23-16(14)18(15,2)3/h6-8,11,14-16H,5,9-10H2,1-4H3,(H2,19,20,22)/t14-,15-,16-/m1/s1. The minimum Gasteiger partial charge on any atom is -0.377 e. The predicted molar refractivity (Wildman–Crippen MR) is 93.0 cm³/mol. The molecule has 2 N–H and O–H groups in total. The Morgan fingerprint density at radius 1 is 1.43 bits per heavy atom. The Morgan fingerprint density at radius 2 is 2.22 bits per heavy atom. The number of fused-ring (bicyclic) bond motifs is 1. The first-order valence-electron chi connectivity index (χ1n) is 8.43. The fourth-order valence-corrected chi connectivity index (χ4v) is 3.93. The van der Waals surface area contributed by atoms with Crippen molar-refractivity contribution in [2.24, 2.45) is 11.3 Å². The van der Waals surface area contributed by atoms with Gasteiger partial charge >= 0.3 is 6.03 Å². The van der Waals surface area contributed by atoms with E-state index in [-0.39, 0.29) is 23.6 Å². The number of nitrogens with zero attached hydrogens (tertiary/aromatic N) is 1. The Bertz CT molecular complexity index is 587. The number of urea groups is 1. The molecule has 126 valence electrons. The van der Waals surface area contributed by atoms with Crippen LogP contribution in [0.3, 0.4) is 0 Å². The van der Waals surface area contributed by atoms with Gasteiger partial charge in [-0.2, -0.15) is 0 Å². The molecule has 5 heteroatoms. The van der Waals surface area contributed by atoms with E-state index in [4.69, 9.17) is 4.74 Å². The van der Waals surface area contributed by atoms with Gasteiger partial charge in [0, 0.05) is 48.9 Å². The quantitative estimate of drug-likeness (QED) is 0.897. The molecule has 2 amide bonds. The maximum absolute atomic E-state index is 12.4. The molecule has 1 aliphatic carbocycles. The van der Waals surface area contributed by atoms with Gasteiger partial charge in [0.05, 0.1) is 6.10 Å². The van der Waals surface area contributed by atoms with Crippen molar-refractivity contribution >= 4 is 17.4 Å². The number of hydrogen-bond donors (Lipinski definition) is 2. The molecule has 5 nitrogen and oxygen atoms in total. The molecule has 0 aromatic heterocycles. The minimum atomic E-state index is -0.135. The molecule has 1 aromatic carbocycles. The zero-order valence-corrected chi connectivity index (χ0v) is 14.4. The normalized spacial score (nSPS) is 27.7. The van der Waals surface area contributed by atoms with Gasteiger partial charge in [-0.15, -0.1) is 0 Å². The molecule has 1 saturated heterocycles. The van der Waals surface area contributed by atoms with Crippen LogP contribution in [0.15, 0.2) is 24.3 Å². The number of hydrogen-bond acceptors (Lipinski definition) is 3. The van der Waals surface area contributed by atoms with Crippen LogP contribution in [0.1, 0.15) is 27.2 Å². The monoisotopic (exact) mass is 317 g/mol. The second kappa shape index (κ2) is 6.04. The highest BCUT2D eigenvalue weighted by Crippen LogP contribution is 2.52. The molecule has 1 aliphatic heterocycles. The van der Waals surface area contributed by atoms with Crippen molar-refractivity contribution in [1.29, 1.82) is 0 Å². The highest BCUT2D eigenvalue weighted by atomic mass is 16.5. The lowest BCUT2D eigenvalue weighted by atomic mass is 9.57. The molecule has 23 heavy (non-hydrogen) atoms. The Labute approximate surface area is 138 Å². The number of amides is 2. The number of carbonyl (C=O) groups is 1. The molecule has 1 saturated carbocycles. The lowest BCUT2D eigenvalue weighted by Crippen LogP contribution is -2.67. The lowest BCUT2D eigenvalue weighted by Gasteiger charge is -2.54. The van der Waals surface area contributed by atoms with Crippen LogP contribution in [0, 0.1) is 11.3 Å². The zero-order valence-electron chi connectivity index (χ0n) is 14.4. The van der Waals surface area contributed by atoms with Crippen molar-refractivity contribution in [3.05, 3.63) is 24.3 Å². The van der Waals surface area contributed by atoms with E-state index in [0.29, 0.717) is 5.92 Å². The Hall–Kier alpha value is -1.75. The average Bonchev–Trinajstić information content (AvgIpc) is 2.99. The summed E-state index contributed by atoms with van der Waals surface area (Å²) in [5.74, 6) is 0.452. The van der Waals surface area contributed by atoms with E-state index >= 15 is 0 Å². The van der Waals surface area contributed by atoms with Crippen LogP contribution in [-0.2, 0) is 4.74 Å². The number of anilines is 2. The van der Waals surface area contributed by atoms with Crippen LogP contribution >= 0.6 is 0 Å². The smallest absolute Gasteiger partial charge is 0.319 e. The van der Waals surface area contributed by atoms with Gasteiger partial charge in [0.15, 0.2) is 0 Å². The summed E-state index contributed by atoms with van der Waals surface area (Å²) in [7, 11) is 2.04. The molecule has 1 heterocycles. The third kappa shape index (κ3) is 2.90. The van der Waals surface area contributed by atoms with E-state index in [1.807, 2.05) is 31.3 Å². The van der Waals surface area contributed by atoms with E-state index < -0.39 is 0 Å². The van der Waals surface area contributed by atoms with Crippen LogP contribution in [0.4, 0.5) is 16.2 Å². The highest BCUT2D eigenvalue weighted by molar-refractivity contribution is 5.90. The molecule has 0 bridgehead atoms. The molecule has 3 atom stereocenters. The minimum absolute atomic E-state index is 0.00276. The van der Waals surface area contributed by atoms with Gasteiger partial charge in [0.25, 0.3) is 0 Å². The van der Waals surface area contributed by atoms with Crippen molar-refractivity contribution < 1.29 is 9.53 Å². The van der Waals surface area contributed by atoms with Crippen LogP contribution in [0.25, 0.3) is 0 Å². The summed E-state index contributed by atoms with van der Waals surface area (Å²) in [6.45, 7) is 8.17. The maximum atomic E-state index is 12.4. The van der Waals surface area contributed by atoms with Crippen LogP contribution in [-0.4, -0.2) is 38.4 Å². The van der Waals surface area contributed by atoms with Crippen molar-refractivity contribution in [2.75, 3.05) is 30.4 Å². The fourth-order valence-electron chi connectivity index (χ4n) is 3.93. The fraction of sp³-hybridized carbons (Fsp3) is 0.611. The first-order valence-corrected chi connectivity index (χ1v) is 8.43. The number of ether oxygens (including phenoxy) is 1. The number of nitrogens with one attached hydrogen (secondary N) is 2. The molecule has 2 aliphatic rings. The predicted octanol–water partition coefficient (Wildman–Crippen LogP) is 3.08. The molecule has 0 unspecified atom stereocenters. The van der Waals surface area contributed by atoms with Gasteiger partial charge in [-0.1, -0.05) is 19.9 Å². The number of benzene rings is 1. The average molecular weight is 317 g/mol. The summed E-state index contributed by atoms with van der Waals surface area (Å²) in [5, 5.41) is 6.11. The van der Waals surface area contributed by atoms with Gasteiger partial charge in [-0.3, -0.25) is 0 Å². The third-order valence-corrected chi connectivity index (χ3v) is 5.41. The zero-order chi connectivity index (χ0) is 16.6. The van der Waals surface area contributed by atoms with Crippen LogP contribution < -0.4 is 15.5 Å². The summed E-state index contributed by atoms with van der Waals surface area (Å²) in [5.41, 5.74) is 1.91. The van der Waals surface area contributed by atoms with Gasteiger partial charge in [0.1, 0.15) is 0 Å². The van der Waals surface area contributed by atoms with E-state index in [1.165, 1.54) is 0 Å². The molecule has 0 spiro atoms. The van der Waals surface area contributed by atoms with Crippen molar-refractivity contribution in [1.82, 2.24) is 5.32 Å². The molecule has 3 rings (SSSR count). The largest absolute Gasteiger partial charge is 0.377 e.